The van der Waals surface area contributed by atoms with Gasteiger partial charge in [-0.15, -0.1) is 0 Å². The van der Waals surface area contributed by atoms with Crippen molar-refractivity contribution in [1.82, 2.24) is 9.88 Å². The van der Waals surface area contributed by atoms with Gasteiger partial charge in [-0.3, -0.25) is 4.98 Å². The lowest BCUT2D eigenvalue weighted by Crippen LogP contribution is -2.28. The van der Waals surface area contributed by atoms with Crippen LogP contribution in [-0.4, -0.2) is 22.5 Å². The third-order valence-electron chi connectivity index (χ3n) is 2.00. The van der Waals surface area contributed by atoms with Crippen LogP contribution < -0.4 is 5.32 Å². The number of rotatable bonds is 1. The Bertz CT molecular complexity index is 348. The van der Waals surface area contributed by atoms with E-state index >= 15 is 0 Å². The highest BCUT2D eigenvalue weighted by Gasteiger charge is 2.12. The van der Waals surface area contributed by atoms with Gasteiger partial charge in [0.05, 0.1) is 11.9 Å². The van der Waals surface area contributed by atoms with Crippen molar-refractivity contribution in [3.8, 4) is 0 Å². The molecule has 0 radical (unpaired) electrons. The van der Waals surface area contributed by atoms with E-state index in [-0.39, 0.29) is 6.03 Å². The molecule has 0 fully saturated rings. The standard InChI is InChI=1S/C10H11N3O/c14-10(13-6-1-2-7-13)12-9-4-3-5-11-8-9/h1,3-6,8H,2,7H2,(H,12,14). The molecule has 72 valence electrons. The number of nitrogens with one attached hydrogen (secondary N) is 1. The minimum atomic E-state index is -0.105. The lowest BCUT2D eigenvalue weighted by Gasteiger charge is -2.13. The minimum Gasteiger partial charge on any atom is -0.306 e. The Kier molecular flexibility index (Phi) is 2.44. The number of hydrogen-bond donors (Lipinski definition) is 1. The highest BCUT2D eigenvalue weighted by atomic mass is 16.2. The maximum absolute atomic E-state index is 11.6. The molecular formula is C10H11N3O. The molecule has 1 aromatic rings. The molecule has 4 heteroatoms. The fourth-order valence-corrected chi connectivity index (χ4v) is 1.29. The van der Waals surface area contributed by atoms with Crippen molar-refractivity contribution < 1.29 is 4.79 Å². The third kappa shape index (κ3) is 1.90. The van der Waals surface area contributed by atoms with E-state index in [1.165, 1.54) is 0 Å². The van der Waals surface area contributed by atoms with E-state index in [0.29, 0.717) is 0 Å². The number of carbonyl (C=O) groups excluding carboxylic acids is 1. The van der Waals surface area contributed by atoms with E-state index in [1.54, 1.807) is 29.6 Å². The van der Waals surface area contributed by atoms with Gasteiger partial charge in [-0.05, 0) is 18.6 Å². The normalized spacial score (nSPS) is 14.4. The number of amides is 2. The van der Waals surface area contributed by atoms with Gasteiger partial charge < -0.3 is 10.2 Å². The summed E-state index contributed by atoms with van der Waals surface area (Å²) in [6, 6.07) is 3.49. The van der Waals surface area contributed by atoms with Crippen LogP contribution in [0.1, 0.15) is 6.42 Å². The molecule has 0 bridgehead atoms. The van der Waals surface area contributed by atoms with E-state index in [4.69, 9.17) is 0 Å². The summed E-state index contributed by atoms with van der Waals surface area (Å²) in [7, 11) is 0. The number of hydrogen-bond acceptors (Lipinski definition) is 2. The summed E-state index contributed by atoms with van der Waals surface area (Å²) in [6.07, 6.45) is 8.00. The summed E-state index contributed by atoms with van der Waals surface area (Å²) in [5.41, 5.74) is 0.720. The molecule has 1 aliphatic rings. The molecule has 1 N–H and O–H groups in total. The van der Waals surface area contributed by atoms with E-state index in [0.717, 1.165) is 18.7 Å². The summed E-state index contributed by atoms with van der Waals surface area (Å²) in [5, 5.41) is 2.76. The lowest BCUT2D eigenvalue weighted by molar-refractivity contribution is 0.231. The summed E-state index contributed by atoms with van der Waals surface area (Å²) >= 11 is 0. The van der Waals surface area contributed by atoms with Crippen molar-refractivity contribution in [2.45, 2.75) is 6.42 Å². The number of carbonyl (C=O) groups is 1. The Hall–Kier alpha value is -1.84. The average Bonchev–Trinajstić information content (AvgIpc) is 2.72. The molecule has 2 rings (SSSR count). The summed E-state index contributed by atoms with van der Waals surface area (Å²) in [6.45, 7) is 0.756. The first-order valence-electron chi connectivity index (χ1n) is 4.50. The van der Waals surface area contributed by atoms with E-state index < -0.39 is 0 Å². The van der Waals surface area contributed by atoms with Crippen LogP contribution in [-0.2, 0) is 0 Å². The first kappa shape index (κ1) is 8.74. The fourth-order valence-electron chi connectivity index (χ4n) is 1.29. The van der Waals surface area contributed by atoms with Gasteiger partial charge in [0.1, 0.15) is 0 Å². The minimum absolute atomic E-state index is 0.105. The Balaban J connectivity index is 1.98. The third-order valence-corrected chi connectivity index (χ3v) is 2.00. The van der Waals surface area contributed by atoms with Crippen LogP contribution in [0.2, 0.25) is 0 Å². The van der Waals surface area contributed by atoms with Crippen LogP contribution in [0.4, 0.5) is 10.5 Å². The van der Waals surface area contributed by atoms with Crippen molar-refractivity contribution in [3.63, 3.8) is 0 Å². The number of nitrogens with zero attached hydrogens (tertiary/aromatic N) is 2. The van der Waals surface area contributed by atoms with E-state index in [2.05, 4.69) is 10.3 Å². The SMILES string of the molecule is O=C(Nc1cccnc1)N1C=CCC1. The van der Waals surface area contributed by atoms with Crippen LogP contribution in [0.15, 0.2) is 36.8 Å². The number of pyridine rings is 1. The number of aromatic nitrogens is 1. The topological polar surface area (TPSA) is 45.2 Å². The van der Waals surface area contributed by atoms with Crippen LogP contribution in [0.25, 0.3) is 0 Å². The molecule has 0 saturated carbocycles. The second kappa shape index (κ2) is 3.91. The second-order valence-corrected chi connectivity index (χ2v) is 3.04. The molecule has 0 atom stereocenters. The van der Waals surface area contributed by atoms with Gasteiger partial charge in [0.2, 0.25) is 0 Å². The predicted molar refractivity (Wildman–Crippen MR) is 53.7 cm³/mol. The van der Waals surface area contributed by atoms with Crippen LogP contribution in [0.5, 0.6) is 0 Å². The van der Waals surface area contributed by atoms with Gasteiger partial charge in [0.25, 0.3) is 0 Å². The fraction of sp³-hybridized carbons (Fsp3) is 0.200. The van der Waals surface area contributed by atoms with Crippen molar-refractivity contribution >= 4 is 11.7 Å². The molecule has 4 nitrogen and oxygen atoms in total. The monoisotopic (exact) mass is 189 g/mol. The van der Waals surface area contributed by atoms with Crippen LogP contribution in [0.3, 0.4) is 0 Å². The molecular weight excluding hydrogens is 178 g/mol. The molecule has 0 spiro atoms. The molecule has 14 heavy (non-hydrogen) atoms. The molecule has 1 aliphatic heterocycles. The van der Waals surface area contributed by atoms with E-state index in [1.807, 2.05) is 12.1 Å². The Labute approximate surface area is 82.3 Å². The first-order valence-corrected chi connectivity index (χ1v) is 4.50. The Morgan fingerprint density at radius 1 is 1.57 bits per heavy atom. The summed E-state index contributed by atoms with van der Waals surface area (Å²) in [5.74, 6) is 0. The molecule has 2 heterocycles. The maximum atomic E-state index is 11.6. The average molecular weight is 189 g/mol. The van der Waals surface area contributed by atoms with Gasteiger partial charge in [0, 0.05) is 18.9 Å². The van der Waals surface area contributed by atoms with Crippen molar-refractivity contribution in [3.05, 3.63) is 36.8 Å². The molecule has 0 saturated heterocycles. The van der Waals surface area contributed by atoms with Crippen molar-refractivity contribution in [2.24, 2.45) is 0 Å². The quantitative estimate of drug-likeness (QED) is 0.732. The molecule has 0 aromatic carbocycles. The van der Waals surface area contributed by atoms with Crippen molar-refractivity contribution in [1.29, 1.82) is 0 Å². The smallest absolute Gasteiger partial charge is 0.306 e. The molecule has 2 amide bonds. The zero-order chi connectivity index (χ0) is 9.80. The lowest BCUT2D eigenvalue weighted by atomic mass is 10.4. The predicted octanol–water partition coefficient (Wildman–Crippen LogP) is 1.83. The van der Waals surface area contributed by atoms with Crippen LogP contribution in [0, 0.1) is 0 Å². The highest BCUT2D eigenvalue weighted by molar-refractivity contribution is 5.89. The molecule has 0 unspecified atom stereocenters. The Morgan fingerprint density at radius 3 is 3.14 bits per heavy atom. The molecule has 0 aliphatic carbocycles. The van der Waals surface area contributed by atoms with Gasteiger partial charge in [-0.25, -0.2) is 4.79 Å². The number of urea groups is 1. The zero-order valence-electron chi connectivity index (χ0n) is 7.68. The van der Waals surface area contributed by atoms with E-state index in [9.17, 15) is 4.79 Å². The maximum Gasteiger partial charge on any atom is 0.325 e. The van der Waals surface area contributed by atoms with Gasteiger partial charge >= 0.3 is 6.03 Å². The Morgan fingerprint density at radius 2 is 2.50 bits per heavy atom. The second-order valence-electron chi connectivity index (χ2n) is 3.04. The van der Waals surface area contributed by atoms with Gasteiger partial charge in [0.15, 0.2) is 0 Å². The molecule has 1 aromatic heterocycles. The zero-order valence-corrected chi connectivity index (χ0v) is 7.68. The van der Waals surface area contributed by atoms with Gasteiger partial charge in [-0.1, -0.05) is 6.08 Å². The largest absolute Gasteiger partial charge is 0.325 e. The summed E-state index contributed by atoms with van der Waals surface area (Å²) < 4.78 is 0. The highest BCUT2D eigenvalue weighted by Crippen LogP contribution is 2.08. The number of anilines is 1. The van der Waals surface area contributed by atoms with Crippen molar-refractivity contribution in [2.75, 3.05) is 11.9 Å². The summed E-state index contributed by atoms with van der Waals surface area (Å²) in [4.78, 5) is 17.1. The van der Waals surface area contributed by atoms with Gasteiger partial charge in [-0.2, -0.15) is 0 Å². The first-order chi connectivity index (χ1) is 6.86. The van der Waals surface area contributed by atoms with Crippen LogP contribution >= 0.6 is 0 Å².